The summed E-state index contributed by atoms with van der Waals surface area (Å²) >= 11 is 0. The summed E-state index contributed by atoms with van der Waals surface area (Å²) in [6.45, 7) is 6.49. The first-order valence-electron chi connectivity index (χ1n) is 11.2. The van der Waals surface area contributed by atoms with Crippen molar-refractivity contribution in [2.75, 3.05) is 13.7 Å². The molecule has 6 nitrogen and oxygen atoms in total. The molecule has 2 N–H and O–H groups in total. The minimum Gasteiger partial charge on any atom is -0.497 e. The zero-order valence-corrected chi connectivity index (χ0v) is 18.9. The van der Waals surface area contributed by atoms with Crippen LogP contribution in [-0.2, 0) is 0 Å². The standard InChI is InChI=1S/C20H27N3O3.C4H10/c1-14-12-18(22-23(14)16-6-4-3-5-7-16)20(25)21-13-19(24)15-8-10-17(26-2)11-9-15;1-3-4-2/h8-12,16,19,24H,3-7,13H2,1-2H3,(H,21,25);3-4H2,1-2H3. The number of benzene rings is 1. The van der Waals surface area contributed by atoms with E-state index in [1.54, 1.807) is 31.4 Å². The maximum absolute atomic E-state index is 12.4. The zero-order valence-electron chi connectivity index (χ0n) is 18.9. The summed E-state index contributed by atoms with van der Waals surface area (Å²) in [6, 6.07) is 9.37. The van der Waals surface area contributed by atoms with Crippen LogP contribution in [0.25, 0.3) is 0 Å². The molecule has 1 unspecified atom stereocenters. The van der Waals surface area contributed by atoms with Gasteiger partial charge in [0.15, 0.2) is 0 Å². The van der Waals surface area contributed by atoms with Gasteiger partial charge in [-0.25, -0.2) is 0 Å². The third-order valence-electron chi connectivity index (χ3n) is 5.53. The van der Waals surface area contributed by atoms with E-state index in [0.29, 0.717) is 11.7 Å². The van der Waals surface area contributed by atoms with Crippen LogP contribution in [0.4, 0.5) is 0 Å². The molecule has 0 spiro atoms. The SMILES string of the molecule is CCCC.COc1ccc(C(O)CNC(=O)c2cc(C)n(C3CCCCC3)n2)cc1. The Labute approximate surface area is 180 Å². The second-order valence-corrected chi connectivity index (χ2v) is 7.91. The molecule has 1 aromatic carbocycles. The lowest BCUT2D eigenvalue weighted by Gasteiger charge is -2.23. The number of aryl methyl sites for hydroxylation is 1. The number of hydrogen-bond donors (Lipinski definition) is 2. The summed E-state index contributed by atoms with van der Waals surface area (Å²) in [6.07, 6.45) is 7.85. The average Bonchev–Trinajstić information content (AvgIpc) is 3.19. The van der Waals surface area contributed by atoms with Gasteiger partial charge in [0.2, 0.25) is 0 Å². The Morgan fingerprint density at radius 3 is 2.40 bits per heavy atom. The predicted molar refractivity (Wildman–Crippen MR) is 120 cm³/mol. The summed E-state index contributed by atoms with van der Waals surface area (Å²) < 4.78 is 7.10. The van der Waals surface area contributed by atoms with E-state index in [9.17, 15) is 9.90 Å². The number of unbranched alkanes of at least 4 members (excludes halogenated alkanes) is 1. The van der Waals surface area contributed by atoms with Gasteiger partial charge < -0.3 is 15.2 Å². The molecule has 0 bridgehead atoms. The molecule has 1 saturated carbocycles. The topological polar surface area (TPSA) is 76.4 Å². The number of aliphatic hydroxyl groups excluding tert-OH is 1. The fourth-order valence-electron chi connectivity index (χ4n) is 3.52. The van der Waals surface area contributed by atoms with Gasteiger partial charge in [-0.15, -0.1) is 0 Å². The molecule has 30 heavy (non-hydrogen) atoms. The van der Waals surface area contributed by atoms with Crippen LogP contribution in [0.5, 0.6) is 5.75 Å². The van der Waals surface area contributed by atoms with E-state index in [4.69, 9.17) is 4.74 Å². The molecule has 1 aromatic heterocycles. The van der Waals surface area contributed by atoms with Crippen LogP contribution in [0.1, 0.15) is 92.7 Å². The molecule has 1 aliphatic carbocycles. The molecular formula is C24H37N3O3. The lowest BCUT2D eigenvalue weighted by atomic mass is 9.95. The number of rotatable bonds is 7. The number of nitrogens with zero attached hydrogens (tertiary/aromatic N) is 2. The second-order valence-electron chi connectivity index (χ2n) is 7.91. The molecular weight excluding hydrogens is 378 g/mol. The summed E-state index contributed by atoms with van der Waals surface area (Å²) in [5, 5.41) is 17.5. The first-order valence-corrected chi connectivity index (χ1v) is 11.2. The van der Waals surface area contributed by atoms with E-state index in [1.165, 1.54) is 32.1 Å². The number of amides is 1. The molecule has 0 saturated heterocycles. The number of hydrogen-bond acceptors (Lipinski definition) is 4. The van der Waals surface area contributed by atoms with E-state index in [1.807, 2.05) is 17.7 Å². The van der Waals surface area contributed by atoms with Crippen LogP contribution in [0.2, 0.25) is 0 Å². The minimum absolute atomic E-state index is 0.139. The van der Waals surface area contributed by atoms with Crippen LogP contribution < -0.4 is 10.1 Å². The van der Waals surface area contributed by atoms with E-state index in [-0.39, 0.29) is 12.5 Å². The van der Waals surface area contributed by atoms with Crippen molar-refractivity contribution in [1.82, 2.24) is 15.1 Å². The van der Waals surface area contributed by atoms with Gasteiger partial charge in [-0.3, -0.25) is 9.48 Å². The van der Waals surface area contributed by atoms with Gasteiger partial charge in [0.1, 0.15) is 11.4 Å². The molecule has 2 aromatic rings. The monoisotopic (exact) mass is 415 g/mol. The number of aromatic nitrogens is 2. The Bertz CT molecular complexity index is 763. The molecule has 1 atom stereocenters. The number of aliphatic hydroxyl groups is 1. The van der Waals surface area contributed by atoms with E-state index in [2.05, 4.69) is 24.3 Å². The van der Waals surface area contributed by atoms with Crippen LogP contribution in [0, 0.1) is 6.92 Å². The van der Waals surface area contributed by atoms with Gasteiger partial charge >= 0.3 is 0 Å². The van der Waals surface area contributed by atoms with Crippen LogP contribution in [0.15, 0.2) is 30.3 Å². The Hall–Kier alpha value is -2.34. The first kappa shape index (κ1) is 23.9. The Balaban J connectivity index is 0.000000735. The number of carbonyl (C=O) groups excluding carboxylic acids is 1. The lowest BCUT2D eigenvalue weighted by Crippen LogP contribution is -2.29. The van der Waals surface area contributed by atoms with Gasteiger partial charge in [0, 0.05) is 12.2 Å². The highest BCUT2D eigenvalue weighted by atomic mass is 16.5. The highest BCUT2D eigenvalue weighted by Crippen LogP contribution is 2.28. The molecule has 6 heteroatoms. The fraction of sp³-hybridized carbons (Fsp3) is 0.583. The molecule has 1 aliphatic rings. The van der Waals surface area contributed by atoms with Crippen molar-refractivity contribution in [3.63, 3.8) is 0 Å². The molecule has 1 amide bonds. The van der Waals surface area contributed by atoms with Crippen molar-refractivity contribution in [2.45, 2.75) is 77.9 Å². The van der Waals surface area contributed by atoms with Crippen molar-refractivity contribution in [2.24, 2.45) is 0 Å². The maximum atomic E-state index is 12.4. The fourth-order valence-corrected chi connectivity index (χ4v) is 3.52. The summed E-state index contributed by atoms with van der Waals surface area (Å²) in [4.78, 5) is 12.4. The van der Waals surface area contributed by atoms with Crippen LogP contribution in [0.3, 0.4) is 0 Å². The number of nitrogens with one attached hydrogen (secondary N) is 1. The van der Waals surface area contributed by atoms with Crippen LogP contribution in [-0.4, -0.2) is 34.4 Å². The highest BCUT2D eigenvalue weighted by molar-refractivity contribution is 5.92. The zero-order chi connectivity index (χ0) is 21.9. The third-order valence-corrected chi connectivity index (χ3v) is 5.53. The van der Waals surface area contributed by atoms with Crippen molar-refractivity contribution in [1.29, 1.82) is 0 Å². The molecule has 3 rings (SSSR count). The maximum Gasteiger partial charge on any atom is 0.271 e. The van der Waals surface area contributed by atoms with E-state index in [0.717, 1.165) is 29.8 Å². The summed E-state index contributed by atoms with van der Waals surface area (Å²) in [5.41, 5.74) is 2.16. The summed E-state index contributed by atoms with van der Waals surface area (Å²) in [5.74, 6) is 0.476. The Morgan fingerprint density at radius 1 is 1.20 bits per heavy atom. The number of ether oxygens (including phenoxy) is 1. The van der Waals surface area contributed by atoms with E-state index < -0.39 is 6.10 Å². The smallest absolute Gasteiger partial charge is 0.271 e. The highest BCUT2D eigenvalue weighted by Gasteiger charge is 2.21. The molecule has 0 aliphatic heterocycles. The lowest BCUT2D eigenvalue weighted by molar-refractivity contribution is 0.0910. The minimum atomic E-state index is -0.772. The number of methoxy groups -OCH3 is 1. The van der Waals surface area contributed by atoms with Crippen molar-refractivity contribution < 1.29 is 14.6 Å². The number of carbonyl (C=O) groups is 1. The molecule has 0 radical (unpaired) electrons. The van der Waals surface area contributed by atoms with Crippen LogP contribution >= 0.6 is 0 Å². The Kier molecular flexibility index (Phi) is 9.87. The quantitative estimate of drug-likeness (QED) is 0.669. The van der Waals surface area contributed by atoms with Gasteiger partial charge in [-0.2, -0.15) is 5.10 Å². The second kappa shape index (κ2) is 12.4. The van der Waals surface area contributed by atoms with Gasteiger partial charge in [0.25, 0.3) is 5.91 Å². The van der Waals surface area contributed by atoms with Crippen molar-refractivity contribution in [3.05, 3.63) is 47.3 Å². The largest absolute Gasteiger partial charge is 0.497 e. The summed E-state index contributed by atoms with van der Waals surface area (Å²) in [7, 11) is 1.60. The average molecular weight is 416 g/mol. The Morgan fingerprint density at radius 2 is 1.83 bits per heavy atom. The molecule has 166 valence electrons. The van der Waals surface area contributed by atoms with Gasteiger partial charge in [-0.05, 0) is 43.5 Å². The predicted octanol–water partition coefficient (Wildman–Crippen LogP) is 4.98. The first-order chi connectivity index (χ1) is 14.5. The van der Waals surface area contributed by atoms with Crippen molar-refractivity contribution in [3.8, 4) is 5.75 Å². The molecule has 1 fully saturated rings. The third kappa shape index (κ3) is 6.87. The van der Waals surface area contributed by atoms with E-state index >= 15 is 0 Å². The normalized spacial score (nSPS) is 15.1. The molecule has 1 heterocycles. The van der Waals surface area contributed by atoms with Crippen molar-refractivity contribution >= 4 is 5.91 Å². The van der Waals surface area contributed by atoms with Gasteiger partial charge in [0.05, 0.1) is 19.3 Å². The van der Waals surface area contributed by atoms with Gasteiger partial charge in [-0.1, -0.05) is 58.1 Å².